The van der Waals surface area contributed by atoms with Crippen LogP contribution in [0.5, 0.6) is 0 Å². The van der Waals surface area contributed by atoms with E-state index in [4.69, 9.17) is 26.9 Å². The lowest BCUT2D eigenvalue weighted by Crippen LogP contribution is -2.25. The minimum Gasteiger partial charge on any atom is -0.340 e. The Balaban J connectivity index is 3.30. The van der Waals surface area contributed by atoms with E-state index >= 15 is 0 Å². The van der Waals surface area contributed by atoms with Crippen LogP contribution in [0.2, 0.25) is 5.02 Å². The van der Waals surface area contributed by atoms with Gasteiger partial charge in [-0.05, 0) is 18.2 Å². The second-order valence-electron chi connectivity index (χ2n) is 2.83. The van der Waals surface area contributed by atoms with Gasteiger partial charge in [0.2, 0.25) is 0 Å². The first-order valence-corrected chi connectivity index (χ1v) is 4.04. The molecule has 0 aliphatic carbocycles. The van der Waals surface area contributed by atoms with Crippen LogP contribution in [0.15, 0.2) is 18.2 Å². The van der Waals surface area contributed by atoms with Crippen molar-refractivity contribution in [3.8, 4) is 0 Å². The van der Waals surface area contributed by atoms with Crippen LogP contribution < -0.4 is 0 Å². The third-order valence-corrected chi connectivity index (χ3v) is 1.98. The normalized spacial score (nSPS) is 13.0. The van der Waals surface area contributed by atoms with Crippen molar-refractivity contribution in [2.45, 2.75) is 12.1 Å². The molecule has 3 N–H and O–H groups in total. The van der Waals surface area contributed by atoms with Crippen molar-refractivity contribution in [1.29, 1.82) is 0 Å². The molecular formula is C8H6ClF3O3. The molecule has 1 aromatic rings. The van der Waals surface area contributed by atoms with Gasteiger partial charge in [-0.3, -0.25) is 0 Å². The van der Waals surface area contributed by atoms with E-state index in [1.807, 2.05) is 0 Å². The van der Waals surface area contributed by atoms with Gasteiger partial charge in [-0.1, -0.05) is 11.6 Å². The first kappa shape index (κ1) is 12.3. The van der Waals surface area contributed by atoms with Gasteiger partial charge in [0.05, 0.1) is 16.1 Å². The molecule has 0 aliphatic heterocycles. The fourth-order valence-electron chi connectivity index (χ4n) is 0.959. The summed E-state index contributed by atoms with van der Waals surface area (Å²) in [6.45, 7) is 0. The minimum absolute atomic E-state index is 0.363. The second-order valence-corrected chi connectivity index (χ2v) is 3.23. The van der Waals surface area contributed by atoms with E-state index in [2.05, 4.69) is 0 Å². The Morgan fingerprint density at radius 2 is 1.60 bits per heavy atom. The van der Waals surface area contributed by atoms with Crippen LogP contribution in [0, 0.1) is 0 Å². The molecule has 15 heavy (non-hydrogen) atoms. The van der Waals surface area contributed by atoms with Crippen molar-refractivity contribution in [1.82, 2.24) is 0 Å². The number of alkyl halides is 3. The number of hydrogen-bond donors (Lipinski definition) is 3. The maximum absolute atomic E-state index is 12.2. The largest absolute Gasteiger partial charge is 0.416 e. The van der Waals surface area contributed by atoms with Gasteiger partial charge in [0.25, 0.3) is 0 Å². The van der Waals surface area contributed by atoms with Gasteiger partial charge in [0.1, 0.15) is 0 Å². The fourth-order valence-corrected chi connectivity index (χ4v) is 1.20. The van der Waals surface area contributed by atoms with Crippen molar-refractivity contribution < 1.29 is 28.5 Å². The van der Waals surface area contributed by atoms with Gasteiger partial charge >= 0.3 is 12.1 Å². The maximum atomic E-state index is 12.2. The Bertz CT molecular complexity index is 370. The molecule has 0 unspecified atom stereocenters. The van der Waals surface area contributed by atoms with Gasteiger partial charge in [-0.2, -0.15) is 13.2 Å². The molecule has 0 spiro atoms. The number of halogens is 4. The molecule has 1 rings (SSSR count). The van der Waals surface area contributed by atoms with Gasteiger partial charge in [0.15, 0.2) is 0 Å². The van der Waals surface area contributed by atoms with Crippen molar-refractivity contribution in [3.05, 3.63) is 34.3 Å². The zero-order valence-electron chi connectivity index (χ0n) is 7.09. The first-order valence-electron chi connectivity index (χ1n) is 3.66. The number of benzene rings is 1. The molecule has 1 aromatic carbocycles. The molecule has 3 nitrogen and oxygen atoms in total. The van der Waals surface area contributed by atoms with Crippen LogP contribution in [-0.2, 0) is 12.1 Å². The van der Waals surface area contributed by atoms with E-state index in [1.54, 1.807) is 0 Å². The maximum Gasteiger partial charge on any atom is 0.416 e. The summed E-state index contributed by atoms with van der Waals surface area (Å²) in [5, 5.41) is 25.8. The van der Waals surface area contributed by atoms with Crippen LogP contribution >= 0.6 is 11.6 Å². The highest BCUT2D eigenvalue weighted by Gasteiger charge is 2.34. The lowest BCUT2D eigenvalue weighted by atomic mass is 10.1. The zero-order valence-corrected chi connectivity index (χ0v) is 7.84. The molecule has 0 saturated carbocycles. The Kier molecular flexibility index (Phi) is 2.97. The van der Waals surface area contributed by atoms with Gasteiger partial charge < -0.3 is 15.3 Å². The van der Waals surface area contributed by atoms with Crippen molar-refractivity contribution >= 4 is 11.6 Å². The summed E-state index contributed by atoms with van der Waals surface area (Å²) in [5.41, 5.74) is -1.96. The van der Waals surface area contributed by atoms with Crippen LogP contribution in [0.4, 0.5) is 13.2 Å². The van der Waals surface area contributed by atoms with Crippen molar-refractivity contribution in [2.24, 2.45) is 0 Å². The van der Waals surface area contributed by atoms with Crippen LogP contribution in [0.3, 0.4) is 0 Å². The number of hydrogen-bond acceptors (Lipinski definition) is 3. The third kappa shape index (κ3) is 2.82. The lowest BCUT2D eigenvalue weighted by Gasteiger charge is -2.17. The molecule has 0 amide bonds. The second kappa shape index (κ2) is 3.64. The van der Waals surface area contributed by atoms with E-state index < -0.39 is 23.3 Å². The highest BCUT2D eigenvalue weighted by Crippen LogP contribution is 2.34. The van der Waals surface area contributed by atoms with E-state index in [-0.39, 0.29) is 5.02 Å². The molecule has 7 heteroatoms. The summed E-state index contributed by atoms with van der Waals surface area (Å²) in [4.78, 5) is 0. The summed E-state index contributed by atoms with van der Waals surface area (Å²) in [6.07, 6.45) is -4.65. The quantitative estimate of drug-likeness (QED) is 0.653. The first-order chi connectivity index (χ1) is 6.62. The third-order valence-electron chi connectivity index (χ3n) is 1.66. The van der Waals surface area contributed by atoms with Crippen molar-refractivity contribution in [2.75, 3.05) is 0 Å². The predicted octanol–water partition coefficient (Wildman–Crippen LogP) is 1.45. The highest BCUT2D eigenvalue weighted by atomic mass is 35.5. The fraction of sp³-hybridized carbons (Fsp3) is 0.250. The van der Waals surface area contributed by atoms with Gasteiger partial charge in [0, 0.05) is 0 Å². The highest BCUT2D eigenvalue weighted by molar-refractivity contribution is 6.31. The van der Waals surface area contributed by atoms with E-state index in [1.165, 1.54) is 0 Å². The molecule has 0 saturated heterocycles. The van der Waals surface area contributed by atoms with Crippen LogP contribution in [0.1, 0.15) is 11.1 Å². The lowest BCUT2D eigenvalue weighted by molar-refractivity contribution is -0.323. The summed E-state index contributed by atoms with van der Waals surface area (Å²) in [6, 6.07) is 1.84. The molecule has 0 radical (unpaired) electrons. The number of rotatable bonds is 1. The van der Waals surface area contributed by atoms with E-state index in [0.717, 1.165) is 6.07 Å². The molecular weight excluding hydrogens is 237 g/mol. The average molecular weight is 243 g/mol. The Morgan fingerprint density at radius 1 is 1.07 bits per heavy atom. The molecule has 0 atom stereocenters. The Hall–Kier alpha value is -0.820. The zero-order chi connectivity index (χ0) is 11.9. The molecule has 0 heterocycles. The monoisotopic (exact) mass is 242 g/mol. The summed E-state index contributed by atoms with van der Waals surface area (Å²) in [7, 11) is 0. The van der Waals surface area contributed by atoms with E-state index in [0.29, 0.717) is 12.1 Å². The smallest absolute Gasteiger partial charge is 0.340 e. The van der Waals surface area contributed by atoms with Crippen LogP contribution in [0.25, 0.3) is 0 Å². The van der Waals surface area contributed by atoms with E-state index in [9.17, 15) is 13.2 Å². The minimum atomic E-state index is -4.65. The standard InChI is InChI=1S/C8H6ClF3O3/c9-6-2-1-4(7(10,11)12)3-5(6)8(13,14)15/h1-3,13-15H. The summed E-state index contributed by atoms with van der Waals surface area (Å²) >= 11 is 5.38. The molecule has 0 aliphatic rings. The molecule has 0 aromatic heterocycles. The Morgan fingerprint density at radius 3 is 2.00 bits per heavy atom. The topological polar surface area (TPSA) is 60.7 Å². The summed E-state index contributed by atoms with van der Waals surface area (Å²) < 4.78 is 36.6. The van der Waals surface area contributed by atoms with Gasteiger partial charge in [-0.25, -0.2) is 0 Å². The average Bonchev–Trinajstić information content (AvgIpc) is 2.00. The Labute approximate surface area is 87.3 Å². The molecule has 0 fully saturated rings. The SMILES string of the molecule is OC(O)(O)c1cc(C(F)(F)F)ccc1Cl. The number of aliphatic hydroxyl groups is 3. The van der Waals surface area contributed by atoms with Gasteiger partial charge in [-0.15, -0.1) is 0 Å². The predicted molar refractivity (Wildman–Crippen MR) is 44.8 cm³/mol. The molecule has 0 bridgehead atoms. The molecule has 84 valence electrons. The van der Waals surface area contributed by atoms with Crippen LogP contribution in [-0.4, -0.2) is 15.3 Å². The summed E-state index contributed by atoms with van der Waals surface area (Å²) in [5.74, 6) is -3.39. The van der Waals surface area contributed by atoms with Crippen molar-refractivity contribution in [3.63, 3.8) is 0 Å².